The van der Waals surface area contributed by atoms with Gasteiger partial charge in [-0.25, -0.2) is 9.36 Å². The van der Waals surface area contributed by atoms with Crippen molar-refractivity contribution in [3.8, 4) is 11.6 Å². The van der Waals surface area contributed by atoms with Gasteiger partial charge in [-0.3, -0.25) is 19.7 Å². The Morgan fingerprint density at radius 3 is 2.62 bits per heavy atom. The number of hydrogen-bond acceptors (Lipinski definition) is 6. The molecule has 1 aromatic carbocycles. The molecular weight excluding hydrogens is 391 g/mol. The van der Waals surface area contributed by atoms with Crippen LogP contribution in [-0.4, -0.2) is 65.0 Å². The standard InChI is InChI=1S/C18H20F3N5O3/c19-18(20,21)12-2-1-3-13(10-12)26-16(28)14(15(27)24-17(26)29)11-23-6-9-25-7-4-22-5-8-25/h1-3,10-11,22,28H,4-9H2,(H,24,27,29). The number of benzene rings is 1. The summed E-state index contributed by atoms with van der Waals surface area (Å²) in [5.41, 5.74) is -3.44. The second-order valence-electron chi connectivity index (χ2n) is 6.51. The molecule has 1 aliphatic rings. The molecule has 1 aliphatic heterocycles. The molecule has 0 spiro atoms. The summed E-state index contributed by atoms with van der Waals surface area (Å²) >= 11 is 0. The molecule has 3 N–H and O–H groups in total. The van der Waals surface area contributed by atoms with Crippen LogP contribution in [0, 0.1) is 0 Å². The molecule has 8 nitrogen and oxygen atoms in total. The SMILES string of the molecule is O=c1[nH]c(=O)n(-c2cccc(C(F)(F)F)c2)c(O)c1C=NCCN1CCNCC1. The highest BCUT2D eigenvalue weighted by Crippen LogP contribution is 2.30. The number of rotatable bonds is 5. The first-order chi connectivity index (χ1) is 13.8. The topological polar surface area (TPSA) is 103 Å². The summed E-state index contributed by atoms with van der Waals surface area (Å²) in [6, 6.07) is 3.89. The average molecular weight is 411 g/mol. The second-order valence-corrected chi connectivity index (χ2v) is 6.51. The minimum absolute atomic E-state index is 0.228. The van der Waals surface area contributed by atoms with E-state index in [1.807, 2.05) is 4.98 Å². The molecule has 3 rings (SSSR count). The quantitative estimate of drug-likeness (QED) is 0.625. The van der Waals surface area contributed by atoms with E-state index >= 15 is 0 Å². The summed E-state index contributed by atoms with van der Waals surface area (Å²) < 4.78 is 39.5. The third-order valence-corrected chi connectivity index (χ3v) is 4.53. The molecule has 11 heteroatoms. The molecule has 0 atom stereocenters. The number of nitrogens with one attached hydrogen (secondary N) is 2. The Morgan fingerprint density at radius 1 is 1.21 bits per heavy atom. The van der Waals surface area contributed by atoms with Crippen molar-refractivity contribution in [2.75, 3.05) is 39.3 Å². The van der Waals surface area contributed by atoms with Gasteiger partial charge < -0.3 is 10.4 Å². The summed E-state index contributed by atoms with van der Waals surface area (Å²) in [6.45, 7) is 4.54. The van der Waals surface area contributed by atoms with Crippen LogP contribution in [0.4, 0.5) is 13.2 Å². The molecule has 0 bridgehead atoms. The van der Waals surface area contributed by atoms with Crippen molar-refractivity contribution in [2.24, 2.45) is 4.99 Å². The highest BCUT2D eigenvalue weighted by atomic mass is 19.4. The fraction of sp³-hybridized carbons (Fsp3) is 0.389. The van der Waals surface area contributed by atoms with Gasteiger partial charge in [-0.2, -0.15) is 13.2 Å². The van der Waals surface area contributed by atoms with Gasteiger partial charge in [-0.15, -0.1) is 0 Å². The van der Waals surface area contributed by atoms with Gasteiger partial charge in [-0.05, 0) is 18.2 Å². The van der Waals surface area contributed by atoms with Crippen LogP contribution in [0.5, 0.6) is 5.88 Å². The largest absolute Gasteiger partial charge is 0.493 e. The zero-order valence-electron chi connectivity index (χ0n) is 15.4. The van der Waals surface area contributed by atoms with Crippen LogP contribution in [-0.2, 0) is 6.18 Å². The van der Waals surface area contributed by atoms with Crippen LogP contribution in [0.2, 0.25) is 0 Å². The maximum atomic E-state index is 13.0. The zero-order chi connectivity index (χ0) is 21.0. The molecule has 1 aromatic heterocycles. The Morgan fingerprint density at radius 2 is 1.93 bits per heavy atom. The molecule has 2 aromatic rings. The van der Waals surface area contributed by atoms with E-state index in [2.05, 4.69) is 15.2 Å². The third-order valence-electron chi connectivity index (χ3n) is 4.53. The molecule has 0 amide bonds. The smallest absolute Gasteiger partial charge is 0.416 e. The number of aliphatic imine (C=N–C) groups is 1. The summed E-state index contributed by atoms with van der Waals surface area (Å²) in [7, 11) is 0. The molecule has 0 radical (unpaired) electrons. The summed E-state index contributed by atoms with van der Waals surface area (Å²) in [6.07, 6.45) is -3.49. The van der Waals surface area contributed by atoms with E-state index in [9.17, 15) is 27.9 Å². The van der Waals surface area contributed by atoms with Gasteiger partial charge in [0.25, 0.3) is 5.56 Å². The molecular formula is C18H20F3N5O3. The number of alkyl halides is 3. The highest BCUT2D eigenvalue weighted by Gasteiger charge is 2.31. The number of aromatic amines is 1. The second kappa shape index (κ2) is 8.62. The van der Waals surface area contributed by atoms with E-state index in [1.54, 1.807) is 0 Å². The van der Waals surface area contributed by atoms with Gasteiger partial charge in [0, 0.05) is 38.9 Å². The van der Waals surface area contributed by atoms with E-state index in [1.165, 1.54) is 6.07 Å². The first kappa shape index (κ1) is 20.8. The lowest BCUT2D eigenvalue weighted by Gasteiger charge is -2.26. The highest BCUT2D eigenvalue weighted by molar-refractivity contribution is 5.82. The predicted octanol–water partition coefficient (Wildman–Crippen LogP) is 0.574. The van der Waals surface area contributed by atoms with Crippen LogP contribution in [0.1, 0.15) is 11.1 Å². The van der Waals surface area contributed by atoms with E-state index < -0.39 is 28.9 Å². The Labute approximate surface area is 163 Å². The lowest BCUT2D eigenvalue weighted by Crippen LogP contribution is -2.44. The lowest BCUT2D eigenvalue weighted by atomic mass is 10.2. The molecule has 0 unspecified atom stereocenters. The maximum absolute atomic E-state index is 13.0. The summed E-state index contributed by atoms with van der Waals surface area (Å²) in [5, 5.41) is 13.6. The van der Waals surface area contributed by atoms with Gasteiger partial charge in [0.05, 0.1) is 17.8 Å². The number of H-pyrrole nitrogens is 1. The van der Waals surface area contributed by atoms with E-state index in [4.69, 9.17) is 0 Å². The van der Waals surface area contributed by atoms with E-state index in [0.29, 0.717) is 23.7 Å². The minimum Gasteiger partial charge on any atom is -0.493 e. The molecule has 2 heterocycles. The number of hydrogen-bond donors (Lipinski definition) is 3. The van der Waals surface area contributed by atoms with Crippen molar-refractivity contribution in [3.63, 3.8) is 0 Å². The number of nitrogens with zero attached hydrogens (tertiary/aromatic N) is 3. The van der Waals surface area contributed by atoms with Gasteiger partial charge in [0.15, 0.2) is 0 Å². The van der Waals surface area contributed by atoms with Crippen molar-refractivity contribution in [1.82, 2.24) is 19.8 Å². The first-order valence-corrected chi connectivity index (χ1v) is 8.96. The Hall–Kier alpha value is -2.92. The van der Waals surface area contributed by atoms with Gasteiger partial charge in [-0.1, -0.05) is 6.07 Å². The van der Waals surface area contributed by atoms with Crippen LogP contribution < -0.4 is 16.6 Å². The van der Waals surface area contributed by atoms with Crippen LogP contribution in [0.25, 0.3) is 5.69 Å². The molecule has 29 heavy (non-hydrogen) atoms. The van der Waals surface area contributed by atoms with Crippen molar-refractivity contribution in [3.05, 3.63) is 56.2 Å². The van der Waals surface area contributed by atoms with E-state index in [0.717, 1.165) is 44.5 Å². The number of halogens is 3. The minimum atomic E-state index is -4.62. The summed E-state index contributed by atoms with van der Waals surface area (Å²) in [5.74, 6) is -0.774. The van der Waals surface area contributed by atoms with Crippen molar-refractivity contribution in [1.29, 1.82) is 0 Å². The predicted molar refractivity (Wildman–Crippen MR) is 101 cm³/mol. The van der Waals surface area contributed by atoms with Crippen molar-refractivity contribution >= 4 is 6.21 Å². The fourth-order valence-electron chi connectivity index (χ4n) is 3.01. The number of aromatic hydroxyl groups is 1. The molecule has 0 saturated carbocycles. The Kier molecular flexibility index (Phi) is 6.18. The number of aromatic nitrogens is 2. The molecule has 1 fully saturated rings. The summed E-state index contributed by atoms with van der Waals surface area (Å²) in [4.78, 5) is 32.5. The maximum Gasteiger partial charge on any atom is 0.416 e. The first-order valence-electron chi connectivity index (χ1n) is 8.96. The average Bonchev–Trinajstić information content (AvgIpc) is 2.67. The fourth-order valence-corrected chi connectivity index (χ4v) is 3.01. The molecule has 0 aliphatic carbocycles. The van der Waals surface area contributed by atoms with Gasteiger partial charge >= 0.3 is 11.9 Å². The molecule has 156 valence electrons. The van der Waals surface area contributed by atoms with Crippen LogP contribution in [0.15, 0.2) is 38.8 Å². The zero-order valence-corrected chi connectivity index (χ0v) is 15.4. The number of piperazine rings is 1. The van der Waals surface area contributed by atoms with Gasteiger partial charge in [0.2, 0.25) is 5.88 Å². The Bertz CT molecular complexity index is 1010. The van der Waals surface area contributed by atoms with Gasteiger partial charge in [0.1, 0.15) is 5.56 Å². The van der Waals surface area contributed by atoms with E-state index in [-0.39, 0.29) is 11.3 Å². The molecule has 1 saturated heterocycles. The third kappa shape index (κ3) is 4.93. The van der Waals surface area contributed by atoms with Crippen LogP contribution in [0.3, 0.4) is 0 Å². The normalized spacial score (nSPS) is 15.8. The Balaban J connectivity index is 1.88. The van der Waals surface area contributed by atoms with Crippen molar-refractivity contribution < 1.29 is 18.3 Å². The lowest BCUT2D eigenvalue weighted by molar-refractivity contribution is -0.137. The van der Waals surface area contributed by atoms with Crippen LogP contribution >= 0.6 is 0 Å². The van der Waals surface area contributed by atoms with Crippen molar-refractivity contribution in [2.45, 2.75) is 6.18 Å². The monoisotopic (exact) mass is 411 g/mol.